The third kappa shape index (κ3) is 7.79. The van der Waals surface area contributed by atoms with E-state index in [0.717, 1.165) is 11.2 Å². The van der Waals surface area contributed by atoms with Crippen LogP contribution in [0.1, 0.15) is 0 Å². The number of ether oxygens (including phenoxy) is 1. The Morgan fingerprint density at radius 1 is 1.12 bits per heavy atom. The second-order valence-electron chi connectivity index (χ2n) is 8.53. The van der Waals surface area contributed by atoms with E-state index in [4.69, 9.17) is 16.3 Å². The highest BCUT2D eigenvalue weighted by Crippen LogP contribution is 2.37. The molecule has 0 bridgehead atoms. The van der Waals surface area contributed by atoms with Gasteiger partial charge in [0.2, 0.25) is 17.0 Å². The van der Waals surface area contributed by atoms with Crippen molar-refractivity contribution in [1.29, 1.82) is 0 Å². The van der Waals surface area contributed by atoms with Crippen molar-refractivity contribution in [2.45, 2.75) is 14.1 Å². The monoisotopic (exact) mass is 620 g/mol. The van der Waals surface area contributed by atoms with Crippen LogP contribution < -0.4 is 20.7 Å². The average Bonchev–Trinajstić information content (AvgIpc) is 3.32. The Hall–Kier alpha value is -3.50. The van der Waals surface area contributed by atoms with Gasteiger partial charge in [-0.3, -0.25) is 10.1 Å². The third-order valence-corrected chi connectivity index (χ3v) is 8.33. The lowest BCUT2D eigenvalue weighted by molar-refractivity contribution is -0.116. The number of nitrogens with zero attached hydrogens (tertiary/aromatic N) is 5. The van der Waals surface area contributed by atoms with Gasteiger partial charge in [0, 0.05) is 11.2 Å². The molecule has 12 nitrogen and oxygen atoms in total. The van der Waals surface area contributed by atoms with Crippen LogP contribution >= 0.6 is 34.7 Å². The Morgan fingerprint density at radius 3 is 2.62 bits per heavy atom. The zero-order valence-corrected chi connectivity index (χ0v) is 25.0. The highest BCUT2D eigenvalue weighted by atomic mass is 35.5. The summed E-state index contributed by atoms with van der Waals surface area (Å²) in [6, 6.07) is 11.9. The number of rotatable bonds is 11. The third-order valence-electron chi connectivity index (χ3n) is 5.02. The van der Waals surface area contributed by atoms with Gasteiger partial charge in [0.25, 0.3) is 0 Å². The second-order valence-corrected chi connectivity index (χ2v) is 13.2. The van der Waals surface area contributed by atoms with Crippen molar-refractivity contribution in [3.8, 4) is 5.75 Å². The smallest absolute Gasteiger partial charge is 0.240 e. The molecule has 40 heavy (non-hydrogen) atoms. The average molecular weight is 621 g/mol. The van der Waals surface area contributed by atoms with E-state index in [-0.39, 0.29) is 34.1 Å². The number of methoxy groups -OCH3 is 1. The van der Waals surface area contributed by atoms with Gasteiger partial charge in [0.1, 0.15) is 10.8 Å². The Bertz CT molecular complexity index is 1630. The Morgan fingerprint density at radius 2 is 1.90 bits per heavy atom. The van der Waals surface area contributed by atoms with Gasteiger partial charge in [0.15, 0.2) is 20.0 Å². The molecule has 0 fully saturated rings. The molecule has 0 aliphatic carbocycles. The summed E-state index contributed by atoms with van der Waals surface area (Å²) in [6.07, 6.45) is 2.54. The number of hydrogen-bond donors (Lipinski definition) is 3. The van der Waals surface area contributed by atoms with Crippen LogP contribution in [0.2, 0.25) is 5.02 Å². The summed E-state index contributed by atoms with van der Waals surface area (Å²) in [5.41, 5.74) is 0.929. The number of benzene rings is 2. The van der Waals surface area contributed by atoms with E-state index in [1.54, 1.807) is 29.2 Å². The fourth-order valence-electron chi connectivity index (χ4n) is 3.34. The normalized spacial score (nSPS) is 11.3. The molecular weight excluding hydrogens is 596 g/mol. The summed E-state index contributed by atoms with van der Waals surface area (Å²) in [7, 11) is 1.67. The molecule has 0 atom stereocenters. The van der Waals surface area contributed by atoms with E-state index in [2.05, 4.69) is 36.1 Å². The lowest BCUT2D eigenvalue weighted by Crippen LogP contribution is -2.26. The maximum absolute atomic E-state index is 12.2. The van der Waals surface area contributed by atoms with E-state index < -0.39 is 9.84 Å². The van der Waals surface area contributed by atoms with Crippen LogP contribution in [0.5, 0.6) is 5.75 Å². The molecule has 210 valence electrons. The minimum absolute atomic E-state index is 0.118. The largest absolute Gasteiger partial charge is 0.495 e. The van der Waals surface area contributed by atoms with Crippen molar-refractivity contribution in [2.24, 2.45) is 0 Å². The van der Waals surface area contributed by atoms with E-state index >= 15 is 0 Å². The van der Waals surface area contributed by atoms with Gasteiger partial charge in [-0.15, -0.1) is 10.2 Å². The number of nitrogens with one attached hydrogen (secondary N) is 3. The van der Waals surface area contributed by atoms with Crippen molar-refractivity contribution in [1.82, 2.24) is 25.1 Å². The summed E-state index contributed by atoms with van der Waals surface area (Å²) >= 11 is 8.93. The molecule has 4 aromatic rings. The minimum Gasteiger partial charge on any atom is -0.495 e. The maximum atomic E-state index is 12.2. The van der Waals surface area contributed by atoms with E-state index in [1.807, 2.05) is 26.2 Å². The first kappa shape index (κ1) is 29.5. The van der Waals surface area contributed by atoms with Crippen molar-refractivity contribution in [3.05, 3.63) is 53.7 Å². The van der Waals surface area contributed by atoms with Gasteiger partial charge in [-0.05, 0) is 44.4 Å². The Labute approximate surface area is 244 Å². The van der Waals surface area contributed by atoms with Crippen molar-refractivity contribution in [3.63, 3.8) is 0 Å². The molecule has 0 saturated carbocycles. The first-order valence-corrected chi connectivity index (χ1v) is 15.4. The lowest BCUT2D eigenvalue weighted by Gasteiger charge is -2.14. The summed E-state index contributed by atoms with van der Waals surface area (Å²) in [5.74, 6) is 0.789. The summed E-state index contributed by atoms with van der Waals surface area (Å²) in [4.78, 5) is 23.3. The Balaban J connectivity index is 1.49. The van der Waals surface area contributed by atoms with E-state index in [0.29, 0.717) is 26.6 Å². The number of carbonyl (C=O) groups excluding carboxylic acids is 1. The molecule has 2 heterocycles. The van der Waals surface area contributed by atoms with E-state index in [9.17, 15) is 13.2 Å². The zero-order valence-electron chi connectivity index (χ0n) is 21.8. The van der Waals surface area contributed by atoms with Gasteiger partial charge in [-0.2, -0.15) is 4.98 Å². The molecule has 0 aliphatic rings. The number of sulfone groups is 1. The van der Waals surface area contributed by atoms with Gasteiger partial charge in [-0.1, -0.05) is 46.8 Å². The lowest BCUT2D eigenvalue weighted by atomic mass is 10.3. The van der Waals surface area contributed by atoms with Crippen LogP contribution in [0, 0.1) is 0 Å². The molecule has 2 aromatic heterocycles. The number of likely N-dealkylation sites (N-methyl/N-ethyl adjacent to an activating group) is 1. The summed E-state index contributed by atoms with van der Waals surface area (Å²) in [6.45, 7) is 0.247. The molecule has 0 radical (unpaired) electrons. The van der Waals surface area contributed by atoms with Crippen LogP contribution in [-0.2, 0) is 14.6 Å². The minimum atomic E-state index is -3.48. The molecule has 0 spiro atoms. The second kappa shape index (κ2) is 12.8. The highest BCUT2D eigenvalue weighted by Gasteiger charge is 2.16. The number of hydrogen-bond acceptors (Lipinski definition) is 13. The van der Waals surface area contributed by atoms with E-state index in [1.165, 1.54) is 42.5 Å². The fraction of sp³-hybridized carbons (Fsp3) is 0.208. The number of halogens is 1. The highest BCUT2D eigenvalue weighted by molar-refractivity contribution is 8.01. The van der Waals surface area contributed by atoms with Crippen molar-refractivity contribution < 1.29 is 17.9 Å². The maximum Gasteiger partial charge on any atom is 0.240 e. The van der Waals surface area contributed by atoms with Crippen LogP contribution in [-0.4, -0.2) is 73.4 Å². The van der Waals surface area contributed by atoms with Crippen LogP contribution in [0.3, 0.4) is 0 Å². The zero-order chi connectivity index (χ0) is 28.9. The number of amides is 1. The molecule has 2 aromatic carbocycles. The van der Waals surface area contributed by atoms with Gasteiger partial charge >= 0.3 is 0 Å². The quantitative estimate of drug-likeness (QED) is 0.202. The standard InChI is InChI=1S/C24H25ClN8O4S3/c1-33(2)13-20(34)29-23-31-32-24(39-23)38-14-9-10-16(18(11-14)37-3)28-22-26-12-15(25)21(30-22)27-17-7-5-6-8-19(17)40(4,35)36/h5-12H,13H2,1-4H3,(H,29,31,34)(H2,26,27,28,30). The molecule has 0 unspecified atom stereocenters. The van der Waals surface area contributed by atoms with Gasteiger partial charge < -0.3 is 20.3 Å². The molecule has 4 rings (SSSR count). The first-order chi connectivity index (χ1) is 19.0. The number of carbonyl (C=O) groups is 1. The van der Waals surface area contributed by atoms with Crippen molar-refractivity contribution >= 4 is 78.7 Å². The van der Waals surface area contributed by atoms with Crippen LogP contribution in [0.15, 0.2) is 62.8 Å². The summed E-state index contributed by atoms with van der Waals surface area (Å²) in [5, 5.41) is 17.6. The summed E-state index contributed by atoms with van der Waals surface area (Å²) < 4.78 is 30.5. The van der Waals surface area contributed by atoms with Gasteiger partial charge in [-0.25, -0.2) is 13.4 Å². The molecular formula is C24H25ClN8O4S3. The molecule has 1 amide bonds. The van der Waals surface area contributed by atoms with Crippen LogP contribution in [0.4, 0.5) is 28.3 Å². The molecule has 0 aliphatic heterocycles. The van der Waals surface area contributed by atoms with Crippen LogP contribution in [0.25, 0.3) is 0 Å². The predicted octanol–water partition coefficient (Wildman–Crippen LogP) is 4.53. The first-order valence-electron chi connectivity index (χ1n) is 11.5. The molecule has 3 N–H and O–H groups in total. The molecule has 16 heteroatoms. The fourth-order valence-corrected chi connectivity index (χ4v) is 6.10. The van der Waals surface area contributed by atoms with Crippen molar-refractivity contribution in [2.75, 3.05) is 50.0 Å². The topological polar surface area (TPSA) is 151 Å². The Kier molecular flexibility index (Phi) is 9.42. The predicted molar refractivity (Wildman–Crippen MR) is 157 cm³/mol. The number of para-hydroxylation sites is 1. The molecule has 0 saturated heterocycles. The number of aromatic nitrogens is 4. The SMILES string of the molecule is COc1cc(Sc2nnc(NC(=O)CN(C)C)s2)ccc1Nc1ncc(Cl)c(Nc2ccccc2S(C)(=O)=O)n1. The van der Waals surface area contributed by atoms with Gasteiger partial charge in [0.05, 0.1) is 36.1 Å². The number of anilines is 5.